The van der Waals surface area contributed by atoms with Gasteiger partial charge >= 0.3 is 5.97 Å². The highest BCUT2D eigenvalue weighted by atomic mass is 32.1. The van der Waals surface area contributed by atoms with Crippen LogP contribution in [-0.4, -0.2) is 17.7 Å². The van der Waals surface area contributed by atoms with Gasteiger partial charge in [0, 0.05) is 4.88 Å². The van der Waals surface area contributed by atoms with Crippen LogP contribution in [0.4, 0.5) is 0 Å². The minimum atomic E-state index is -0.848. The number of carbonyl (C=O) groups is 1. The molecule has 0 atom stereocenters. The highest BCUT2D eigenvalue weighted by molar-refractivity contribution is 7.13. The quantitative estimate of drug-likeness (QED) is 0.883. The molecule has 2 rings (SSSR count). The van der Waals surface area contributed by atoms with Crippen molar-refractivity contribution in [1.82, 2.24) is 0 Å². The summed E-state index contributed by atoms with van der Waals surface area (Å²) in [6.07, 6.45) is 0.0171. The molecule has 0 radical (unpaired) electrons. The number of thiophene rings is 1. The first-order valence-electron chi connectivity index (χ1n) is 5.24. The summed E-state index contributed by atoms with van der Waals surface area (Å²) in [6, 6.07) is 11.7. The Bertz CT molecular complexity index is 491. The van der Waals surface area contributed by atoms with Crippen LogP contribution in [0.25, 0.3) is 10.4 Å². The lowest BCUT2D eigenvalue weighted by Gasteiger charge is -2.05. The minimum absolute atomic E-state index is 0.0171. The Morgan fingerprint density at radius 2 is 2.18 bits per heavy atom. The van der Waals surface area contributed by atoms with E-state index >= 15 is 0 Å². The molecule has 88 valence electrons. The standard InChI is InChI=1S/C13H12O3S/c14-13(15)6-7-16-11-4-1-3-10(9-11)12-5-2-8-17-12/h1-5,8-9H,6-7H2,(H,14,15). The van der Waals surface area contributed by atoms with Crippen LogP contribution in [0.15, 0.2) is 41.8 Å². The van der Waals surface area contributed by atoms with E-state index in [0.717, 1.165) is 5.56 Å². The summed E-state index contributed by atoms with van der Waals surface area (Å²) in [5.41, 5.74) is 1.09. The number of carboxylic acids is 1. The van der Waals surface area contributed by atoms with Crippen LogP contribution in [0, 0.1) is 0 Å². The van der Waals surface area contributed by atoms with E-state index in [2.05, 4.69) is 0 Å². The fourth-order valence-electron chi connectivity index (χ4n) is 1.44. The highest BCUT2D eigenvalue weighted by Gasteiger charge is 2.02. The first-order valence-corrected chi connectivity index (χ1v) is 6.12. The Kier molecular flexibility index (Phi) is 3.77. The molecule has 0 spiro atoms. The Morgan fingerprint density at radius 1 is 1.29 bits per heavy atom. The molecule has 0 amide bonds. The van der Waals surface area contributed by atoms with Crippen LogP contribution < -0.4 is 4.74 Å². The second kappa shape index (κ2) is 5.50. The molecule has 0 bridgehead atoms. The maximum absolute atomic E-state index is 10.4. The van der Waals surface area contributed by atoms with Crippen molar-refractivity contribution in [2.45, 2.75) is 6.42 Å². The average Bonchev–Trinajstić information content (AvgIpc) is 2.82. The van der Waals surface area contributed by atoms with Gasteiger partial charge in [0.2, 0.25) is 0 Å². The molecule has 2 aromatic rings. The fourth-order valence-corrected chi connectivity index (χ4v) is 2.16. The topological polar surface area (TPSA) is 46.5 Å². The molecule has 1 N–H and O–H groups in total. The zero-order valence-electron chi connectivity index (χ0n) is 9.13. The van der Waals surface area contributed by atoms with Crippen molar-refractivity contribution >= 4 is 17.3 Å². The molecule has 3 nitrogen and oxygen atoms in total. The number of ether oxygens (including phenoxy) is 1. The van der Waals surface area contributed by atoms with Gasteiger partial charge in [0.25, 0.3) is 0 Å². The van der Waals surface area contributed by atoms with Crippen molar-refractivity contribution in [3.05, 3.63) is 41.8 Å². The minimum Gasteiger partial charge on any atom is -0.493 e. The fraction of sp³-hybridized carbons (Fsp3) is 0.154. The zero-order valence-corrected chi connectivity index (χ0v) is 9.94. The van der Waals surface area contributed by atoms with Gasteiger partial charge in [-0.3, -0.25) is 4.79 Å². The van der Waals surface area contributed by atoms with Gasteiger partial charge in [-0.1, -0.05) is 18.2 Å². The number of hydrogen-bond acceptors (Lipinski definition) is 3. The van der Waals surface area contributed by atoms with Gasteiger partial charge in [0.1, 0.15) is 5.75 Å². The van der Waals surface area contributed by atoms with Crippen molar-refractivity contribution < 1.29 is 14.6 Å². The number of rotatable bonds is 5. The largest absolute Gasteiger partial charge is 0.493 e. The molecule has 0 fully saturated rings. The van der Waals surface area contributed by atoms with Gasteiger partial charge in [0.05, 0.1) is 13.0 Å². The Morgan fingerprint density at radius 3 is 2.88 bits per heavy atom. The van der Waals surface area contributed by atoms with Gasteiger partial charge < -0.3 is 9.84 Å². The molecular formula is C13H12O3S. The maximum Gasteiger partial charge on any atom is 0.306 e. The summed E-state index contributed by atoms with van der Waals surface area (Å²) >= 11 is 1.66. The SMILES string of the molecule is O=C(O)CCOc1cccc(-c2cccs2)c1. The number of aliphatic carboxylic acids is 1. The van der Waals surface area contributed by atoms with Gasteiger partial charge in [-0.2, -0.15) is 0 Å². The van der Waals surface area contributed by atoms with Crippen LogP contribution in [0.1, 0.15) is 6.42 Å². The summed E-state index contributed by atoms with van der Waals surface area (Å²) in [4.78, 5) is 11.5. The van der Waals surface area contributed by atoms with Crippen LogP contribution in [-0.2, 0) is 4.79 Å². The Hall–Kier alpha value is -1.81. The second-order valence-electron chi connectivity index (χ2n) is 3.50. The van der Waals surface area contributed by atoms with E-state index in [1.54, 1.807) is 11.3 Å². The maximum atomic E-state index is 10.4. The summed E-state index contributed by atoms with van der Waals surface area (Å²) in [7, 11) is 0. The molecule has 0 saturated heterocycles. The average molecular weight is 248 g/mol. The zero-order chi connectivity index (χ0) is 12.1. The van der Waals surface area contributed by atoms with Crippen molar-refractivity contribution in [2.24, 2.45) is 0 Å². The van der Waals surface area contributed by atoms with Crippen LogP contribution in [0.2, 0.25) is 0 Å². The predicted molar refractivity (Wildman–Crippen MR) is 67.5 cm³/mol. The van der Waals surface area contributed by atoms with E-state index in [9.17, 15) is 4.79 Å². The first kappa shape index (κ1) is 11.7. The summed E-state index contributed by atoms with van der Waals surface area (Å²) in [5.74, 6) is -0.142. The van der Waals surface area contributed by atoms with E-state index in [1.165, 1.54) is 4.88 Å². The lowest BCUT2D eigenvalue weighted by Crippen LogP contribution is -2.04. The molecule has 0 saturated carbocycles. The third-order valence-electron chi connectivity index (χ3n) is 2.22. The van der Waals surface area contributed by atoms with Gasteiger partial charge in [-0.05, 0) is 29.1 Å². The second-order valence-corrected chi connectivity index (χ2v) is 4.45. The highest BCUT2D eigenvalue weighted by Crippen LogP contribution is 2.27. The molecular weight excluding hydrogens is 236 g/mol. The lowest BCUT2D eigenvalue weighted by atomic mass is 10.2. The van der Waals surface area contributed by atoms with Crippen LogP contribution >= 0.6 is 11.3 Å². The normalized spacial score (nSPS) is 10.1. The molecule has 0 unspecified atom stereocenters. The van der Waals surface area contributed by atoms with E-state index in [0.29, 0.717) is 5.75 Å². The molecule has 1 aromatic carbocycles. The predicted octanol–water partition coefficient (Wildman–Crippen LogP) is 3.27. The van der Waals surface area contributed by atoms with Crippen molar-refractivity contribution in [3.8, 4) is 16.2 Å². The van der Waals surface area contributed by atoms with Gasteiger partial charge in [-0.25, -0.2) is 0 Å². The molecule has 17 heavy (non-hydrogen) atoms. The van der Waals surface area contributed by atoms with E-state index in [-0.39, 0.29) is 13.0 Å². The summed E-state index contributed by atoms with van der Waals surface area (Å²) in [6.45, 7) is 0.198. The molecule has 0 aliphatic heterocycles. The van der Waals surface area contributed by atoms with Crippen molar-refractivity contribution in [3.63, 3.8) is 0 Å². The number of carboxylic acid groups (broad SMARTS) is 1. The third kappa shape index (κ3) is 3.32. The van der Waals surface area contributed by atoms with E-state index in [1.807, 2.05) is 41.8 Å². The smallest absolute Gasteiger partial charge is 0.306 e. The van der Waals surface area contributed by atoms with E-state index < -0.39 is 5.97 Å². The van der Waals surface area contributed by atoms with E-state index in [4.69, 9.17) is 9.84 Å². The molecule has 4 heteroatoms. The van der Waals surface area contributed by atoms with Crippen LogP contribution in [0.5, 0.6) is 5.75 Å². The number of benzene rings is 1. The molecule has 0 aliphatic carbocycles. The van der Waals surface area contributed by atoms with Crippen molar-refractivity contribution in [1.29, 1.82) is 0 Å². The Labute approximate surface area is 103 Å². The third-order valence-corrected chi connectivity index (χ3v) is 3.14. The van der Waals surface area contributed by atoms with Gasteiger partial charge in [0.15, 0.2) is 0 Å². The Balaban J connectivity index is 2.04. The monoisotopic (exact) mass is 248 g/mol. The van der Waals surface area contributed by atoms with Crippen LogP contribution in [0.3, 0.4) is 0 Å². The molecule has 1 heterocycles. The summed E-state index contributed by atoms with van der Waals surface area (Å²) < 4.78 is 5.38. The molecule has 0 aliphatic rings. The first-order chi connectivity index (χ1) is 8.25. The summed E-state index contributed by atoms with van der Waals surface area (Å²) in [5, 5.41) is 10.5. The lowest BCUT2D eigenvalue weighted by molar-refractivity contribution is -0.137. The van der Waals surface area contributed by atoms with Crippen molar-refractivity contribution in [2.75, 3.05) is 6.61 Å². The van der Waals surface area contributed by atoms with Gasteiger partial charge in [-0.15, -0.1) is 11.3 Å². The molecule has 1 aromatic heterocycles. The number of hydrogen-bond donors (Lipinski definition) is 1.